The fourth-order valence-corrected chi connectivity index (χ4v) is 2.66. The molecule has 0 spiro atoms. The lowest BCUT2D eigenvalue weighted by Gasteiger charge is -2.33. The highest BCUT2D eigenvalue weighted by Gasteiger charge is 2.24. The number of carbonyl (C=O) groups is 1. The van der Waals surface area contributed by atoms with Crippen molar-refractivity contribution in [2.75, 3.05) is 19.7 Å². The van der Waals surface area contributed by atoms with Gasteiger partial charge in [0.05, 0.1) is 6.04 Å². The fourth-order valence-electron chi connectivity index (χ4n) is 2.66. The van der Waals surface area contributed by atoms with E-state index in [9.17, 15) is 9.90 Å². The second-order valence-corrected chi connectivity index (χ2v) is 5.33. The van der Waals surface area contributed by atoms with Gasteiger partial charge in [-0.3, -0.25) is 4.98 Å². The lowest BCUT2D eigenvalue weighted by molar-refractivity contribution is 0.127. The second-order valence-electron chi connectivity index (χ2n) is 5.33. The first-order valence-electron chi connectivity index (χ1n) is 7.30. The Balaban J connectivity index is 1.95. The van der Waals surface area contributed by atoms with Crippen LogP contribution in [-0.4, -0.2) is 40.7 Å². The molecule has 2 N–H and O–H groups in total. The maximum absolute atomic E-state index is 12.3. The molecule has 0 aliphatic carbocycles. The molecule has 1 aromatic rings. The molecule has 2 atom stereocenters. The number of aromatic nitrogens is 1. The first-order chi connectivity index (χ1) is 9.74. The topological polar surface area (TPSA) is 65.5 Å². The Kier molecular flexibility index (Phi) is 5.35. The van der Waals surface area contributed by atoms with Crippen LogP contribution in [0.4, 0.5) is 4.79 Å². The number of hydrogen-bond donors (Lipinski definition) is 2. The predicted molar refractivity (Wildman–Crippen MR) is 77.2 cm³/mol. The van der Waals surface area contributed by atoms with Crippen molar-refractivity contribution in [3.8, 4) is 0 Å². The Morgan fingerprint density at radius 2 is 2.30 bits per heavy atom. The van der Waals surface area contributed by atoms with Gasteiger partial charge in [-0.15, -0.1) is 0 Å². The molecule has 0 aromatic carbocycles. The minimum absolute atomic E-state index is 0.0139. The first kappa shape index (κ1) is 14.8. The van der Waals surface area contributed by atoms with Gasteiger partial charge in [0.2, 0.25) is 0 Å². The standard InChI is InChI=1S/C15H23N3O2/c1-2-14(13-5-7-16-8-6-13)17-15(20)18-9-3-4-12(10-18)11-19/h5-8,12,14,19H,2-4,9-11H2,1H3,(H,17,20). The van der Waals surface area contributed by atoms with Crippen molar-refractivity contribution >= 4 is 6.03 Å². The molecule has 20 heavy (non-hydrogen) atoms. The van der Waals surface area contributed by atoms with Gasteiger partial charge in [-0.05, 0) is 42.9 Å². The summed E-state index contributed by atoms with van der Waals surface area (Å²) in [6.07, 6.45) is 6.29. The van der Waals surface area contributed by atoms with Crippen LogP contribution >= 0.6 is 0 Å². The Bertz CT molecular complexity index is 424. The summed E-state index contributed by atoms with van der Waals surface area (Å²) in [7, 11) is 0. The summed E-state index contributed by atoms with van der Waals surface area (Å²) in [4.78, 5) is 18.1. The van der Waals surface area contributed by atoms with Gasteiger partial charge < -0.3 is 15.3 Å². The van der Waals surface area contributed by atoms with Gasteiger partial charge in [-0.1, -0.05) is 6.92 Å². The van der Waals surface area contributed by atoms with Crippen LogP contribution in [0.3, 0.4) is 0 Å². The maximum atomic E-state index is 12.3. The van der Waals surface area contributed by atoms with Crippen LogP contribution in [0.1, 0.15) is 37.8 Å². The summed E-state index contributed by atoms with van der Waals surface area (Å²) in [6.45, 7) is 3.63. The van der Waals surface area contributed by atoms with Crippen LogP contribution in [0.2, 0.25) is 0 Å². The average Bonchev–Trinajstić information content (AvgIpc) is 2.53. The molecular weight excluding hydrogens is 254 g/mol. The van der Waals surface area contributed by atoms with Crippen molar-refractivity contribution in [1.29, 1.82) is 0 Å². The van der Waals surface area contributed by atoms with E-state index in [2.05, 4.69) is 17.2 Å². The van der Waals surface area contributed by atoms with Crippen molar-refractivity contribution in [3.63, 3.8) is 0 Å². The molecule has 2 unspecified atom stereocenters. The molecule has 1 saturated heterocycles. The summed E-state index contributed by atoms with van der Waals surface area (Å²) in [6, 6.07) is 3.84. The van der Waals surface area contributed by atoms with Crippen LogP contribution in [-0.2, 0) is 0 Å². The molecule has 1 aromatic heterocycles. The molecule has 0 radical (unpaired) electrons. The number of nitrogens with one attached hydrogen (secondary N) is 1. The van der Waals surface area contributed by atoms with Crippen molar-refractivity contribution in [2.45, 2.75) is 32.2 Å². The zero-order chi connectivity index (χ0) is 14.4. The molecule has 2 rings (SSSR count). The van der Waals surface area contributed by atoms with Crippen LogP contribution in [0.5, 0.6) is 0 Å². The molecule has 110 valence electrons. The van der Waals surface area contributed by atoms with Gasteiger partial charge in [-0.2, -0.15) is 0 Å². The lowest BCUT2D eigenvalue weighted by atomic mass is 9.99. The number of carbonyl (C=O) groups excluding carboxylic acids is 1. The van der Waals surface area contributed by atoms with E-state index in [1.807, 2.05) is 17.0 Å². The first-order valence-corrected chi connectivity index (χ1v) is 7.30. The number of pyridine rings is 1. The summed E-state index contributed by atoms with van der Waals surface area (Å²) in [5.74, 6) is 0.218. The minimum Gasteiger partial charge on any atom is -0.396 e. The Morgan fingerprint density at radius 3 is 2.95 bits per heavy atom. The van der Waals surface area contributed by atoms with Crippen molar-refractivity contribution in [2.24, 2.45) is 5.92 Å². The number of aliphatic hydroxyl groups excluding tert-OH is 1. The summed E-state index contributed by atoms with van der Waals surface area (Å²) in [5, 5.41) is 12.3. The normalized spacial score (nSPS) is 20.5. The van der Waals surface area contributed by atoms with E-state index in [0.717, 1.165) is 31.4 Å². The van der Waals surface area contributed by atoms with Gasteiger partial charge in [0.1, 0.15) is 0 Å². The number of piperidine rings is 1. The number of nitrogens with zero attached hydrogens (tertiary/aromatic N) is 2. The van der Waals surface area contributed by atoms with Crippen LogP contribution in [0.15, 0.2) is 24.5 Å². The number of rotatable bonds is 4. The Morgan fingerprint density at radius 1 is 1.55 bits per heavy atom. The zero-order valence-electron chi connectivity index (χ0n) is 12.0. The predicted octanol–water partition coefficient (Wildman–Crippen LogP) is 1.95. The van der Waals surface area contributed by atoms with Crippen molar-refractivity contribution in [1.82, 2.24) is 15.2 Å². The van der Waals surface area contributed by atoms with Crippen molar-refractivity contribution in [3.05, 3.63) is 30.1 Å². The van der Waals surface area contributed by atoms with Gasteiger partial charge in [-0.25, -0.2) is 4.79 Å². The largest absolute Gasteiger partial charge is 0.396 e. The van der Waals surface area contributed by atoms with Gasteiger partial charge >= 0.3 is 6.03 Å². The quantitative estimate of drug-likeness (QED) is 0.884. The molecule has 5 heteroatoms. The third-order valence-electron chi connectivity index (χ3n) is 3.88. The maximum Gasteiger partial charge on any atom is 0.317 e. The summed E-state index contributed by atoms with van der Waals surface area (Å²) < 4.78 is 0. The number of urea groups is 1. The smallest absolute Gasteiger partial charge is 0.317 e. The van der Waals surface area contributed by atoms with E-state index in [-0.39, 0.29) is 24.6 Å². The van der Waals surface area contributed by atoms with E-state index in [4.69, 9.17) is 0 Å². The van der Waals surface area contributed by atoms with Crippen molar-refractivity contribution < 1.29 is 9.90 Å². The average molecular weight is 277 g/mol. The monoisotopic (exact) mass is 277 g/mol. The molecule has 2 amide bonds. The lowest BCUT2D eigenvalue weighted by Crippen LogP contribution is -2.47. The van der Waals surface area contributed by atoms with E-state index in [1.165, 1.54) is 0 Å². The summed E-state index contributed by atoms with van der Waals surface area (Å²) in [5.41, 5.74) is 1.08. The number of aliphatic hydroxyl groups is 1. The Hall–Kier alpha value is -1.62. The van der Waals surface area contributed by atoms with E-state index >= 15 is 0 Å². The highest BCUT2D eigenvalue weighted by molar-refractivity contribution is 5.74. The van der Waals surface area contributed by atoms with E-state index in [1.54, 1.807) is 12.4 Å². The van der Waals surface area contributed by atoms with Crippen LogP contribution in [0, 0.1) is 5.92 Å². The number of likely N-dealkylation sites (tertiary alicyclic amines) is 1. The highest BCUT2D eigenvalue weighted by Crippen LogP contribution is 2.19. The van der Waals surface area contributed by atoms with Gasteiger partial charge in [0.15, 0.2) is 0 Å². The molecule has 1 aliphatic rings. The summed E-state index contributed by atoms with van der Waals surface area (Å²) >= 11 is 0. The number of hydrogen-bond acceptors (Lipinski definition) is 3. The minimum atomic E-state index is -0.0354. The van der Waals surface area contributed by atoms with E-state index < -0.39 is 0 Å². The molecule has 2 heterocycles. The SMILES string of the molecule is CCC(NC(=O)N1CCCC(CO)C1)c1ccncc1. The zero-order valence-corrected chi connectivity index (χ0v) is 12.0. The number of amides is 2. The highest BCUT2D eigenvalue weighted by atomic mass is 16.3. The molecule has 5 nitrogen and oxygen atoms in total. The molecule has 0 bridgehead atoms. The van der Waals surface area contributed by atoms with Gasteiger partial charge in [0.25, 0.3) is 0 Å². The molecule has 0 saturated carbocycles. The third kappa shape index (κ3) is 3.70. The third-order valence-corrected chi connectivity index (χ3v) is 3.88. The van der Waals surface area contributed by atoms with Crippen LogP contribution < -0.4 is 5.32 Å². The molecular formula is C15H23N3O2. The second kappa shape index (κ2) is 7.24. The fraction of sp³-hybridized carbons (Fsp3) is 0.600. The molecule has 1 aliphatic heterocycles. The molecule has 1 fully saturated rings. The van der Waals surface area contributed by atoms with E-state index in [0.29, 0.717) is 6.54 Å². The van der Waals surface area contributed by atoms with Gasteiger partial charge in [0, 0.05) is 32.1 Å². The van der Waals surface area contributed by atoms with Crippen LogP contribution in [0.25, 0.3) is 0 Å². The Labute approximate surface area is 120 Å².